The Balaban J connectivity index is 1.43. The van der Waals surface area contributed by atoms with Gasteiger partial charge in [-0.2, -0.15) is 0 Å². The number of nitrogens with zero attached hydrogens (tertiary/aromatic N) is 1. The lowest BCUT2D eigenvalue weighted by Crippen LogP contribution is -2.33. The number of benzene rings is 2. The number of carbonyl (C=O) groups is 3. The molecule has 0 radical (unpaired) electrons. The van der Waals surface area contributed by atoms with E-state index < -0.39 is 5.97 Å². The van der Waals surface area contributed by atoms with Crippen molar-refractivity contribution < 1.29 is 19.1 Å². The number of imide groups is 1. The standard InChI is InChI=1S/C21H18ClNO4/c22-17-9-10-18(14-6-2-1-5-13(14)17)27-19(24)11-12-23-20(25)15-7-3-4-8-16(15)21(23)26/h1-6,9-10,15-16H,7-8,11-12H2/t15-,16-/m0/s1. The van der Waals surface area contributed by atoms with Crippen molar-refractivity contribution in [3.63, 3.8) is 0 Å². The Morgan fingerprint density at radius 2 is 1.63 bits per heavy atom. The van der Waals surface area contributed by atoms with Crippen LogP contribution in [0.4, 0.5) is 0 Å². The van der Waals surface area contributed by atoms with Crippen molar-refractivity contribution in [2.75, 3.05) is 6.54 Å². The third-order valence-corrected chi connectivity index (χ3v) is 5.52. The largest absolute Gasteiger partial charge is 0.426 e. The molecule has 2 aliphatic rings. The Morgan fingerprint density at radius 1 is 1.00 bits per heavy atom. The van der Waals surface area contributed by atoms with Crippen LogP contribution >= 0.6 is 11.6 Å². The molecule has 1 fully saturated rings. The van der Waals surface area contributed by atoms with Crippen molar-refractivity contribution >= 4 is 40.2 Å². The average Bonchev–Trinajstić information content (AvgIpc) is 2.93. The summed E-state index contributed by atoms with van der Waals surface area (Å²) < 4.78 is 5.47. The summed E-state index contributed by atoms with van der Waals surface area (Å²) in [6.07, 6.45) is 5.02. The molecule has 1 heterocycles. The lowest BCUT2D eigenvalue weighted by Gasteiger charge is -2.14. The molecule has 1 saturated heterocycles. The van der Waals surface area contributed by atoms with Crippen LogP contribution in [0, 0.1) is 11.8 Å². The van der Waals surface area contributed by atoms with E-state index in [1.54, 1.807) is 12.1 Å². The second kappa shape index (κ2) is 7.16. The Hall–Kier alpha value is -2.66. The Morgan fingerprint density at radius 3 is 2.30 bits per heavy atom. The first-order chi connectivity index (χ1) is 13.1. The molecule has 0 spiro atoms. The minimum Gasteiger partial charge on any atom is -0.426 e. The number of amides is 2. The third-order valence-electron chi connectivity index (χ3n) is 5.19. The predicted molar refractivity (Wildman–Crippen MR) is 101 cm³/mol. The molecule has 0 bridgehead atoms. The van der Waals surface area contributed by atoms with Gasteiger partial charge in [0, 0.05) is 22.3 Å². The Labute approximate surface area is 161 Å². The van der Waals surface area contributed by atoms with Crippen LogP contribution in [-0.4, -0.2) is 29.2 Å². The minimum absolute atomic E-state index is 0.0404. The molecule has 2 aromatic carbocycles. The monoisotopic (exact) mass is 383 g/mol. The fraction of sp³-hybridized carbons (Fsp3) is 0.286. The van der Waals surface area contributed by atoms with E-state index in [0.29, 0.717) is 23.6 Å². The Kier molecular flexibility index (Phi) is 4.70. The SMILES string of the molecule is O=C(CCN1C(=O)[C@H]2CC=CC[C@@H]2C1=O)Oc1ccc(Cl)c2ccccc12. The normalized spacial score (nSPS) is 21.6. The molecule has 6 heteroatoms. The van der Waals surface area contributed by atoms with E-state index in [4.69, 9.17) is 16.3 Å². The summed E-state index contributed by atoms with van der Waals surface area (Å²) in [4.78, 5) is 38.4. The van der Waals surface area contributed by atoms with Gasteiger partial charge in [-0.3, -0.25) is 19.3 Å². The van der Waals surface area contributed by atoms with Crippen LogP contribution in [0.5, 0.6) is 5.75 Å². The molecule has 5 nitrogen and oxygen atoms in total. The summed E-state index contributed by atoms with van der Waals surface area (Å²) in [5.74, 6) is -0.997. The van der Waals surface area contributed by atoms with Crippen LogP contribution in [0.25, 0.3) is 10.8 Å². The molecule has 2 amide bonds. The van der Waals surface area contributed by atoms with Crippen LogP contribution < -0.4 is 4.74 Å². The minimum atomic E-state index is -0.490. The summed E-state index contributed by atoms with van der Waals surface area (Å²) in [6, 6.07) is 10.7. The summed E-state index contributed by atoms with van der Waals surface area (Å²) >= 11 is 6.18. The van der Waals surface area contributed by atoms with Crippen LogP contribution in [0.1, 0.15) is 19.3 Å². The number of likely N-dealkylation sites (tertiary alicyclic amines) is 1. The summed E-state index contributed by atoms with van der Waals surface area (Å²) in [6.45, 7) is 0.0506. The lowest BCUT2D eigenvalue weighted by atomic mass is 9.85. The number of hydrogen-bond donors (Lipinski definition) is 0. The van der Waals surface area contributed by atoms with Crippen molar-refractivity contribution in [3.05, 3.63) is 53.6 Å². The van der Waals surface area contributed by atoms with E-state index in [-0.39, 0.29) is 36.6 Å². The smallest absolute Gasteiger partial charge is 0.313 e. The van der Waals surface area contributed by atoms with Gasteiger partial charge in [-0.15, -0.1) is 0 Å². The fourth-order valence-corrected chi connectivity index (χ4v) is 4.02. The predicted octanol–water partition coefficient (Wildman–Crippen LogP) is 3.74. The fourth-order valence-electron chi connectivity index (χ4n) is 3.79. The third kappa shape index (κ3) is 3.23. The van der Waals surface area contributed by atoms with Crippen molar-refractivity contribution in [2.24, 2.45) is 11.8 Å². The van der Waals surface area contributed by atoms with Gasteiger partial charge in [-0.1, -0.05) is 48.0 Å². The topological polar surface area (TPSA) is 63.7 Å². The first-order valence-corrected chi connectivity index (χ1v) is 9.32. The van der Waals surface area contributed by atoms with E-state index in [1.165, 1.54) is 4.90 Å². The molecule has 2 atom stereocenters. The molecule has 1 aliphatic heterocycles. The first kappa shape index (κ1) is 17.7. The van der Waals surface area contributed by atoms with Crippen molar-refractivity contribution in [2.45, 2.75) is 19.3 Å². The number of ether oxygens (including phenoxy) is 1. The molecule has 4 rings (SSSR count). The molecule has 0 aromatic heterocycles. The summed E-state index contributed by atoms with van der Waals surface area (Å²) in [7, 11) is 0. The molecule has 1 aliphatic carbocycles. The first-order valence-electron chi connectivity index (χ1n) is 8.94. The molecular weight excluding hydrogens is 366 g/mol. The van der Waals surface area contributed by atoms with Crippen LogP contribution in [0.3, 0.4) is 0 Å². The number of carbonyl (C=O) groups excluding carboxylic acids is 3. The zero-order chi connectivity index (χ0) is 19.0. The van der Waals surface area contributed by atoms with Crippen LogP contribution in [0.15, 0.2) is 48.6 Å². The van der Waals surface area contributed by atoms with E-state index in [1.807, 2.05) is 36.4 Å². The van der Waals surface area contributed by atoms with Crippen LogP contribution in [-0.2, 0) is 14.4 Å². The Bertz CT molecular complexity index is 942. The maximum atomic E-state index is 12.4. The maximum absolute atomic E-state index is 12.4. The van der Waals surface area contributed by atoms with Gasteiger partial charge in [0.15, 0.2) is 0 Å². The van der Waals surface area contributed by atoms with Gasteiger partial charge in [0.1, 0.15) is 5.75 Å². The number of hydrogen-bond acceptors (Lipinski definition) is 4. The van der Waals surface area contributed by atoms with Gasteiger partial charge in [0.05, 0.1) is 18.3 Å². The molecule has 2 aromatic rings. The van der Waals surface area contributed by atoms with Gasteiger partial charge < -0.3 is 4.74 Å². The van der Waals surface area contributed by atoms with Crippen molar-refractivity contribution in [1.29, 1.82) is 0 Å². The number of rotatable bonds is 4. The number of halogens is 1. The average molecular weight is 384 g/mol. The zero-order valence-electron chi connectivity index (χ0n) is 14.6. The highest BCUT2D eigenvalue weighted by Crippen LogP contribution is 2.35. The van der Waals surface area contributed by atoms with E-state index in [0.717, 1.165) is 10.8 Å². The van der Waals surface area contributed by atoms with Gasteiger partial charge in [-0.25, -0.2) is 0 Å². The highest BCUT2D eigenvalue weighted by atomic mass is 35.5. The van der Waals surface area contributed by atoms with Gasteiger partial charge in [0.25, 0.3) is 0 Å². The number of esters is 1. The van der Waals surface area contributed by atoms with Gasteiger partial charge in [-0.05, 0) is 25.0 Å². The molecule has 0 saturated carbocycles. The second-order valence-corrected chi connectivity index (χ2v) is 7.21. The molecule has 0 N–H and O–H groups in total. The zero-order valence-corrected chi connectivity index (χ0v) is 15.3. The molecule has 27 heavy (non-hydrogen) atoms. The maximum Gasteiger partial charge on any atom is 0.313 e. The quantitative estimate of drug-likeness (QED) is 0.349. The van der Waals surface area contributed by atoms with E-state index >= 15 is 0 Å². The summed E-state index contributed by atoms with van der Waals surface area (Å²) in [5.41, 5.74) is 0. The second-order valence-electron chi connectivity index (χ2n) is 6.80. The van der Waals surface area contributed by atoms with Gasteiger partial charge >= 0.3 is 5.97 Å². The molecular formula is C21H18ClNO4. The van der Waals surface area contributed by atoms with Crippen molar-refractivity contribution in [3.8, 4) is 5.75 Å². The highest BCUT2D eigenvalue weighted by molar-refractivity contribution is 6.35. The van der Waals surface area contributed by atoms with E-state index in [9.17, 15) is 14.4 Å². The lowest BCUT2D eigenvalue weighted by molar-refractivity contribution is -0.141. The summed E-state index contributed by atoms with van der Waals surface area (Å²) in [5, 5.41) is 2.12. The van der Waals surface area contributed by atoms with Crippen molar-refractivity contribution in [1.82, 2.24) is 4.90 Å². The highest BCUT2D eigenvalue weighted by Gasteiger charge is 2.46. The molecule has 0 unspecified atom stereocenters. The molecule has 138 valence electrons. The van der Waals surface area contributed by atoms with E-state index in [2.05, 4.69) is 0 Å². The van der Waals surface area contributed by atoms with Crippen LogP contribution in [0.2, 0.25) is 5.02 Å². The number of fused-ring (bicyclic) bond motifs is 2. The van der Waals surface area contributed by atoms with Gasteiger partial charge in [0.2, 0.25) is 11.8 Å². The number of allylic oxidation sites excluding steroid dienone is 2.